The Hall–Kier alpha value is -3.34. The van der Waals surface area contributed by atoms with Gasteiger partial charge in [0.25, 0.3) is 0 Å². The van der Waals surface area contributed by atoms with Crippen LogP contribution in [0.1, 0.15) is 39.7 Å². The largest absolute Gasteiger partial charge is 0.513 e. The average Bonchev–Trinajstić information content (AvgIpc) is 2.74. The Morgan fingerprint density at radius 1 is 0.906 bits per heavy atom. The molecule has 0 saturated carbocycles. The summed E-state index contributed by atoms with van der Waals surface area (Å²) in [5.41, 5.74) is 6.41. The molecule has 0 heterocycles. The lowest BCUT2D eigenvalue weighted by Gasteiger charge is -2.17. The molecule has 0 aliphatic rings. The average molecular weight is 455 g/mol. The Bertz CT molecular complexity index is 795. The van der Waals surface area contributed by atoms with Gasteiger partial charge in [-0.25, -0.2) is 9.59 Å². The predicted octanol–water partition coefficient (Wildman–Crippen LogP) is 2.51. The van der Waals surface area contributed by atoms with Crippen molar-refractivity contribution in [2.24, 2.45) is 5.73 Å². The van der Waals surface area contributed by atoms with Crippen LogP contribution in [0.15, 0.2) is 18.2 Å². The second-order valence-electron chi connectivity index (χ2n) is 6.45. The highest BCUT2D eigenvalue weighted by atomic mass is 16.7. The second-order valence-corrected chi connectivity index (χ2v) is 6.45. The topological polar surface area (TPSA) is 150 Å². The quantitative estimate of drug-likeness (QED) is 0.298. The second kappa shape index (κ2) is 13.9. The molecule has 0 saturated heterocycles. The molecule has 2 atom stereocenters. The fourth-order valence-electron chi connectivity index (χ4n) is 2.29. The van der Waals surface area contributed by atoms with Crippen LogP contribution in [0.25, 0.3) is 0 Å². The molecule has 1 aromatic carbocycles. The number of rotatable bonds is 11. The molecule has 0 aliphatic heterocycles. The zero-order valence-corrected chi connectivity index (χ0v) is 18.6. The number of carbonyl (C=O) groups is 4. The molecule has 0 fully saturated rings. The van der Waals surface area contributed by atoms with Crippen LogP contribution in [0.2, 0.25) is 0 Å². The van der Waals surface area contributed by atoms with Gasteiger partial charge in [0, 0.05) is 6.42 Å². The minimum absolute atomic E-state index is 0.0270. The Labute approximate surface area is 186 Å². The van der Waals surface area contributed by atoms with Gasteiger partial charge in [-0.3, -0.25) is 9.59 Å². The summed E-state index contributed by atoms with van der Waals surface area (Å²) >= 11 is 0. The van der Waals surface area contributed by atoms with Crippen LogP contribution in [-0.4, -0.2) is 56.2 Å². The zero-order chi connectivity index (χ0) is 24.1. The lowest BCUT2D eigenvalue weighted by atomic mass is 10.1. The van der Waals surface area contributed by atoms with Crippen molar-refractivity contribution in [2.75, 3.05) is 19.8 Å². The van der Waals surface area contributed by atoms with Crippen molar-refractivity contribution in [3.8, 4) is 11.5 Å². The minimum Gasteiger partial charge on any atom is -0.462 e. The SMILES string of the molecule is CCOC(=O)Oc1ccc(C[C@H](N)C(=O)O[C@@H](C)COC(=O)CC)cc1OC(=O)OCC. The lowest BCUT2D eigenvalue weighted by molar-refractivity contribution is -0.158. The fourth-order valence-corrected chi connectivity index (χ4v) is 2.29. The van der Waals surface area contributed by atoms with Gasteiger partial charge in [-0.1, -0.05) is 13.0 Å². The summed E-state index contributed by atoms with van der Waals surface area (Å²) in [7, 11) is 0. The van der Waals surface area contributed by atoms with Crippen LogP contribution in [0.5, 0.6) is 11.5 Å². The molecule has 0 unspecified atom stereocenters. The summed E-state index contributed by atoms with van der Waals surface area (Å²) in [4.78, 5) is 46.7. The van der Waals surface area contributed by atoms with E-state index in [1.54, 1.807) is 27.7 Å². The molecule has 0 bridgehead atoms. The number of benzene rings is 1. The summed E-state index contributed by atoms with van der Waals surface area (Å²) < 4.78 is 29.6. The van der Waals surface area contributed by atoms with E-state index in [9.17, 15) is 19.2 Å². The van der Waals surface area contributed by atoms with E-state index >= 15 is 0 Å². The van der Waals surface area contributed by atoms with Gasteiger partial charge in [0.2, 0.25) is 0 Å². The maximum Gasteiger partial charge on any atom is 0.513 e. The van der Waals surface area contributed by atoms with Gasteiger partial charge in [-0.2, -0.15) is 0 Å². The Balaban J connectivity index is 2.85. The van der Waals surface area contributed by atoms with Gasteiger partial charge in [-0.05, 0) is 44.9 Å². The molecule has 32 heavy (non-hydrogen) atoms. The van der Waals surface area contributed by atoms with Gasteiger partial charge in [0.1, 0.15) is 18.8 Å². The van der Waals surface area contributed by atoms with Gasteiger partial charge in [0.15, 0.2) is 11.5 Å². The van der Waals surface area contributed by atoms with E-state index in [2.05, 4.69) is 0 Å². The standard InChI is InChI=1S/C21H29NO10/c1-5-18(23)29-12-13(4)30-19(24)15(22)10-14-8-9-16(31-20(25)27-6-2)17(11-14)32-21(26)28-7-3/h8-9,11,13,15H,5-7,10,12,22H2,1-4H3/t13-,15-/m0/s1. The van der Waals surface area contributed by atoms with Crippen LogP contribution >= 0.6 is 0 Å². The van der Waals surface area contributed by atoms with E-state index in [1.165, 1.54) is 18.2 Å². The molecule has 0 spiro atoms. The van der Waals surface area contributed by atoms with E-state index in [0.29, 0.717) is 5.56 Å². The Morgan fingerprint density at radius 2 is 1.50 bits per heavy atom. The van der Waals surface area contributed by atoms with E-state index < -0.39 is 36.4 Å². The number of esters is 2. The normalized spacial score (nSPS) is 12.2. The van der Waals surface area contributed by atoms with Crippen LogP contribution < -0.4 is 15.2 Å². The molecule has 0 aromatic heterocycles. The first kappa shape index (κ1) is 26.7. The van der Waals surface area contributed by atoms with Crippen LogP contribution in [0.3, 0.4) is 0 Å². The molecular weight excluding hydrogens is 426 g/mol. The highest BCUT2D eigenvalue weighted by molar-refractivity contribution is 5.76. The van der Waals surface area contributed by atoms with E-state index in [0.717, 1.165) is 0 Å². The van der Waals surface area contributed by atoms with Gasteiger partial charge < -0.3 is 34.2 Å². The molecular formula is C21H29NO10. The number of ether oxygens (including phenoxy) is 6. The summed E-state index contributed by atoms with van der Waals surface area (Å²) in [6.45, 7) is 6.52. The molecule has 0 amide bonds. The molecule has 1 rings (SSSR count). The number of hydrogen-bond acceptors (Lipinski definition) is 11. The van der Waals surface area contributed by atoms with Crippen molar-refractivity contribution >= 4 is 24.2 Å². The molecule has 2 N–H and O–H groups in total. The summed E-state index contributed by atoms with van der Waals surface area (Å²) in [5.74, 6) is -1.31. The predicted molar refractivity (Wildman–Crippen MR) is 110 cm³/mol. The monoisotopic (exact) mass is 455 g/mol. The highest BCUT2D eigenvalue weighted by Gasteiger charge is 2.21. The fraction of sp³-hybridized carbons (Fsp3) is 0.524. The first-order valence-corrected chi connectivity index (χ1v) is 10.1. The Morgan fingerprint density at radius 3 is 2.06 bits per heavy atom. The van der Waals surface area contributed by atoms with Crippen molar-refractivity contribution in [2.45, 2.75) is 52.7 Å². The number of hydrogen-bond donors (Lipinski definition) is 1. The summed E-state index contributed by atoms with van der Waals surface area (Å²) in [6.07, 6.45) is -2.41. The zero-order valence-electron chi connectivity index (χ0n) is 18.6. The first-order chi connectivity index (χ1) is 15.2. The third-order valence-corrected chi connectivity index (χ3v) is 3.76. The number of carbonyl (C=O) groups excluding carboxylic acids is 4. The van der Waals surface area contributed by atoms with Gasteiger partial charge in [0.05, 0.1) is 13.2 Å². The Kier molecular flexibility index (Phi) is 11.6. The molecule has 0 radical (unpaired) electrons. The van der Waals surface area contributed by atoms with E-state index in [4.69, 9.17) is 34.2 Å². The molecule has 1 aromatic rings. The van der Waals surface area contributed by atoms with Crippen molar-refractivity contribution in [3.05, 3.63) is 23.8 Å². The maximum absolute atomic E-state index is 12.2. The first-order valence-electron chi connectivity index (χ1n) is 10.1. The smallest absolute Gasteiger partial charge is 0.462 e. The van der Waals surface area contributed by atoms with Crippen LogP contribution in [-0.2, 0) is 35.0 Å². The van der Waals surface area contributed by atoms with Crippen molar-refractivity contribution in [3.63, 3.8) is 0 Å². The summed E-state index contributed by atoms with van der Waals surface area (Å²) in [6, 6.07) is 3.23. The number of nitrogens with two attached hydrogens (primary N) is 1. The molecule has 0 aliphatic carbocycles. The van der Waals surface area contributed by atoms with Crippen molar-refractivity contribution in [1.82, 2.24) is 0 Å². The molecule has 11 nitrogen and oxygen atoms in total. The maximum atomic E-state index is 12.2. The van der Waals surface area contributed by atoms with Crippen LogP contribution in [0, 0.1) is 0 Å². The summed E-state index contributed by atoms with van der Waals surface area (Å²) in [5, 5.41) is 0. The third kappa shape index (κ3) is 9.65. The van der Waals surface area contributed by atoms with Crippen molar-refractivity contribution in [1.29, 1.82) is 0 Å². The van der Waals surface area contributed by atoms with E-state index in [-0.39, 0.29) is 44.2 Å². The third-order valence-electron chi connectivity index (χ3n) is 3.76. The minimum atomic E-state index is -1.05. The molecule has 178 valence electrons. The van der Waals surface area contributed by atoms with E-state index in [1.807, 2.05) is 0 Å². The molecule has 11 heteroatoms. The van der Waals surface area contributed by atoms with Gasteiger partial charge in [-0.15, -0.1) is 0 Å². The van der Waals surface area contributed by atoms with Gasteiger partial charge >= 0.3 is 24.2 Å². The lowest BCUT2D eigenvalue weighted by Crippen LogP contribution is -2.37. The van der Waals surface area contributed by atoms with Crippen LogP contribution in [0.4, 0.5) is 9.59 Å². The van der Waals surface area contributed by atoms with Crippen molar-refractivity contribution < 1.29 is 47.6 Å². The highest BCUT2D eigenvalue weighted by Crippen LogP contribution is 2.30.